The summed E-state index contributed by atoms with van der Waals surface area (Å²) in [7, 11) is 0. The predicted octanol–water partition coefficient (Wildman–Crippen LogP) is 4.47. The molecule has 0 aliphatic heterocycles. The fourth-order valence-electron chi connectivity index (χ4n) is 1.71. The van der Waals surface area contributed by atoms with Crippen LogP contribution in [-0.2, 0) is 0 Å². The van der Waals surface area contributed by atoms with Gasteiger partial charge in [0.2, 0.25) is 0 Å². The summed E-state index contributed by atoms with van der Waals surface area (Å²) in [4.78, 5) is 0. The Labute approximate surface area is 108 Å². The van der Waals surface area contributed by atoms with Crippen molar-refractivity contribution in [1.29, 1.82) is 0 Å². The van der Waals surface area contributed by atoms with Crippen LogP contribution in [0.4, 0.5) is 17.6 Å². The summed E-state index contributed by atoms with van der Waals surface area (Å²) in [6, 6.07) is 3.08. The summed E-state index contributed by atoms with van der Waals surface area (Å²) in [5.41, 5.74) is 0.561. The van der Waals surface area contributed by atoms with E-state index >= 15 is 0 Å². The van der Waals surface area contributed by atoms with Gasteiger partial charge in [-0.15, -0.1) is 0 Å². The number of hydrogen-bond acceptors (Lipinski definition) is 1. The summed E-state index contributed by atoms with van der Waals surface area (Å²) in [5.74, 6) is -0.578. The molecule has 1 aromatic rings. The lowest BCUT2D eigenvalue weighted by Gasteiger charge is -2.21. The third-order valence-corrected chi connectivity index (χ3v) is 2.82. The topological polar surface area (TPSA) is 12.0 Å². The van der Waals surface area contributed by atoms with Crippen molar-refractivity contribution in [2.45, 2.75) is 38.5 Å². The quantitative estimate of drug-likeness (QED) is 0.804. The standard InChI is InChI=1S/C12H14ClF4N/c1-7(6-12(15,16)17)18-8(2)9-3-4-10(13)11(14)5-9/h3-5,7-8,18H,6H2,1-2H3. The smallest absolute Gasteiger partial charge is 0.307 e. The van der Waals surface area contributed by atoms with E-state index in [4.69, 9.17) is 11.6 Å². The first kappa shape index (κ1) is 15.2. The lowest BCUT2D eigenvalue weighted by molar-refractivity contribution is -0.139. The van der Waals surface area contributed by atoms with Crippen LogP contribution in [0.3, 0.4) is 0 Å². The summed E-state index contributed by atoms with van der Waals surface area (Å²) in [6.45, 7) is 3.12. The maximum absolute atomic E-state index is 13.2. The maximum Gasteiger partial charge on any atom is 0.390 e. The van der Waals surface area contributed by atoms with E-state index in [1.165, 1.54) is 19.1 Å². The molecule has 6 heteroatoms. The van der Waals surface area contributed by atoms with Crippen molar-refractivity contribution in [3.63, 3.8) is 0 Å². The van der Waals surface area contributed by atoms with E-state index in [0.29, 0.717) is 5.56 Å². The summed E-state index contributed by atoms with van der Waals surface area (Å²) in [6.07, 6.45) is -5.13. The number of alkyl halides is 3. The molecule has 1 N–H and O–H groups in total. The van der Waals surface area contributed by atoms with Crippen LogP contribution in [0.25, 0.3) is 0 Å². The number of nitrogens with one attached hydrogen (secondary N) is 1. The van der Waals surface area contributed by atoms with Gasteiger partial charge in [-0.2, -0.15) is 13.2 Å². The van der Waals surface area contributed by atoms with Gasteiger partial charge in [0.05, 0.1) is 11.4 Å². The molecule has 0 aliphatic rings. The normalized spacial score (nSPS) is 15.5. The van der Waals surface area contributed by atoms with E-state index in [1.807, 2.05) is 0 Å². The van der Waals surface area contributed by atoms with Gasteiger partial charge in [0.25, 0.3) is 0 Å². The third kappa shape index (κ3) is 4.82. The average molecular weight is 284 g/mol. The van der Waals surface area contributed by atoms with Gasteiger partial charge in [0.1, 0.15) is 5.82 Å². The molecular weight excluding hydrogens is 270 g/mol. The van der Waals surface area contributed by atoms with Crippen LogP contribution in [0.5, 0.6) is 0 Å². The van der Waals surface area contributed by atoms with Crippen LogP contribution in [-0.4, -0.2) is 12.2 Å². The van der Waals surface area contributed by atoms with Crippen molar-refractivity contribution in [3.05, 3.63) is 34.6 Å². The third-order valence-electron chi connectivity index (χ3n) is 2.52. The zero-order valence-corrected chi connectivity index (χ0v) is 10.7. The van der Waals surface area contributed by atoms with Crippen molar-refractivity contribution >= 4 is 11.6 Å². The Morgan fingerprint density at radius 3 is 2.39 bits per heavy atom. The van der Waals surface area contributed by atoms with E-state index in [1.54, 1.807) is 13.0 Å². The molecular formula is C12H14ClF4N. The Hall–Kier alpha value is -0.810. The summed E-state index contributed by atoms with van der Waals surface area (Å²) >= 11 is 5.53. The van der Waals surface area contributed by atoms with Crippen molar-refractivity contribution in [1.82, 2.24) is 5.32 Å². The van der Waals surface area contributed by atoms with E-state index in [9.17, 15) is 17.6 Å². The van der Waals surface area contributed by atoms with Crippen LogP contribution in [0.2, 0.25) is 5.02 Å². The second-order valence-electron chi connectivity index (χ2n) is 4.28. The Kier molecular flexibility index (Phi) is 4.99. The molecule has 0 spiro atoms. The molecule has 102 valence electrons. The Morgan fingerprint density at radius 1 is 1.28 bits per heavy atom. The number of benzene rings is 1. The summed E-state index contributed by atoms with van der Waals surface area (Å²) in [5, 5.41) is 2.76. The van der Waals surface area contributed by atoms with Gasteiger partial charge in [-0.3, -0.25) is 0 Å². The Morgan fingerprint density at radius 2 is 1.89 bits per heavy atom. The monoisotopic (exact) mass is 283 g/mol. The molecule has 0 heterocycles. The van der Waals surface area contributed by atoms with Crippen LogP contribution >= 0.6 is 11.6 Å². The van der Waals surface area contributed by atoms with Gasteiger partial charge < -0.3 is 5.32 Å². The van der Waals surface area contributed by atoms with Crippen LogP contribution < -0.4 is 5.32 Å². The molecule has 0 saturated heterocycles. The van der Waals surface area contributed by atoms with Crippen LogP contribution in [0.1, 0.15) is 31.9 Å². The SMILES string of the molecule is CC(CC(F)(F)F)NC(C)c1ccc(Cl)c(F)c1. The highest BCUT2D eigenvalue weighted by molar-refractivity contribution is 6.30. The van der Waals surface area contributed by atoms with E-state index in [-0.39, 0.29) is 11.1 Å². The fourth-order valence-corrected chi connectivity index (χ4v) is 1.83. The minimum Gasteiger partial charge on any atom is -0.307 e. The molecule has 0 amide bonds. The van der Waals surface area contributed by atoms with Crippen LogP contribution in [0.15, 0.2) is 18.2 Å². The first-order valence-electron chi connectivity index (χ1n) is 5.47. The van der Waals surface area contributed by atoms with Crippen molar-refractivity contribution < 1.29 is 17.6 Å². The minimum atomic E-state index is -4.21. The zero-order chi connectivity index (χ0) is 13.9. The van der Waals surface area contributed by atoms with Crippen molar-refractivity contribution in [2.24, 2.45) is 0 Å². The molecule has 0 aliphatic carbocycles. The van der Waals surface area contributed by atoms with Gasteiger partial charge in [-0.25, -0.2) is 4.39 Å². The molecule has 1 nitrogen and oxygen atoms in total. The first-order chi connectivity index (χ1) is 8.19. The molecule has 0 aromatic heterocycles. The van der Waals surface area contributed by atoms with E-state index in [2.05, 4.69) is 5.32 Å². The molecule has 0 radical (unpaired) electrons. The Balaban J connectivity index is 2.64. The highest BCUT2D eigenvalue weighted by Crippen LogP contribution is 2.24. The van der Waals surface area contributed by atoms with E-state index < -0.39 is 24.5 Å². The lowest BCUT2D eigenvalue weighted by atomic mass is 10.1. The maximum atomic E-state index is 13.2. The van der Waals surface area contributed by atoms with Gasteiger partial charge in [0, 0.05) is 12.1 Å². The second-order valence-corrected chi connectivity index (χ2v) is 4.69. The molecule has 0 fully saturated rings. The predicted molar refractivity (Wildman–Crippen MR) is 63.1 cm³/mol. The molecule has 2 unspecified atom stereocenters. The van der Waals surface area contributed by atoms with E-state index in [0.717, 1.165) is 0 Å². The molecule has 2 atom stereocenters. The van der Waals surface area contributed by atoms with Crippen molar-refractivity contribution in [3.8, 4) is 0 Å². The summed E-state index contributed by atoms with van der Waals surface area (Å²) < 4.78 is 49.7. The largest absolute Gasteiger partial charge is 0.390 e. The van der Waals surface area contributed by atoms with Gasteiger partial charge >= 0.3 is 6.18 Å². The van der Waals surface area contributed by atoms with Gasteiger partial charge in [-0.05, 0) is 31.5 Å². The first-order valence-corrected chi connectivity index (χ1v) is 5.84. The van der Waals surface area contributed by atoms with Crippen LogP contribution in [0, 0.1) is 5.82 Å². The second kappa shape index (κ2) is 5.89. The molecule has 1 rings (SSSR count). The molecule has 0 saturated carbocycles. The van der Waals surface area contributed by atoms with Gasteiger partial charge in [0.15, 0.2) is 0 Å². The average Bonchev–Trinajstić information content (AvgIpc) is 2.18. The number of hydrogen-bond donors (Lipinski definition) is 1. The minimum absolute atomic E-state index is 0.00529. The highest BCUT2D eigenvalue weighted by Gasteiger charge is 2.30. The molecule has 0 bridgehead atoms. The zero-order valence-electron chi connectivity index (χ0n) is 9.98. The molecule has 18 heavy (non-hydrogen) atoms. The highest BCUT2D eigenvalue weighted by atomic mass is 35.5. The Bertz CT molecular complexity index is 406. The van der Waals surface area contributed by atoms with Crippen molar-refractivity contribution in [2.75, 3.05) is 0 Å². The molecule has 1 aromatic carbocycles. The lowest BCUT2D eigenvalue weighted by Crippen LogP contribution is -2.33. The van der Waals surface area contributed by atoms with Gasteiger partial charge in [-0.1, -0.05) is 17.7 Å². The fraction of sp³-hybridized carbons (Fsp3) is 0.500. The number of rotatable bonds is 4. The number of halogens is 5.